The molecule has 0 unspecified atom stereocenters. The second-order valence-electron chi connectivity index (χ2n) is 6.78. The number of aliphatic hydroxyl groups is 1. The maximum absolute atomic E-state index is 12.5. The number of likely N-dealkylation sites (tertiary alicyclic amines) is 1. The van der Waals surface area contributed by atoms with Gasteiger partial charge < -0.3 is 19.5 Å². The van der Waals surface area contributed by atoms with Gasteiger partial charge in [-0.1, -0.05) is 17.7 Å². The van der Waals surface area contributed by atoms with Crippen molar-refractivity contribution in [3.63, 3.8) is 0 Å². The van der Waals surface area contributed by atoms with Gasteiger partial charge in [0.25, 0.3) is 5.91 Å². The first-order valence-electron chi connectivity index (χ1n) is 8.66. The first-order valence-corrected chi connectivity index (χ1v) is 8.66. The first kappa shape index (κ1) is 18.7. The first-order chi connectivity index (χ1) is 11.6. The molecule has 5 nitrogen and oxygen atoms in total. The van der Waals surface area contributed by atoms with Crippen LogP contribution >= 0.6 is 0 Å². The molecule has 1 N–H and O–H groups in total. The quantitative estimate of drug-likeness (QED) is 0.741. The highest BCUT2D eigenvalue weighted by Gasteiger charge is 2.36. The SMILES string of the molecule is COCCC[C@@]1(CO)CCCN(C(=O)COc2ccc(C)cc2)C1. The standard InChI is InChI=1S/C19H29NO4/c1-16-5-7-17(8-6-16)24-13-18(22)20-11-3-9-19(14-20,15-21)10-4-12-23-2/h5-8,21H,3-4,9-15H2,1-2H3/t19-/m0/s1. The summed E-state index contributed by atoms with van der Waals surface area (Å²) in [6, 6.07) is 7.68. The molecule has 134 valence electrons. The summed E-state index contributed by atoms with van der Waals surface area (Å²) in [6.07, 6.45) is 3.65. The number of rotatable bonds is 8. The van der Waals surface area contributed by atoms with E-state index in [0.29, 0.717) is 18.9 Å². The number of hydrogen-bond acceptors (Lipinski definition) is 4. The van der Waals surface area contributed by atoms with Crippen LogP contribution < -0.4 is 4.74 Å². The van der Waals surface area contributed by atoms with E-state index in [9.17, 15) is 9.90 Å². The van der Waals surface area contributed by atoms with Crippen LogP contribution in [0.15, 0.2) is 24.3 Å². The van der Waals surface area contributed by atoms with Gasteiger partial charge in [-0.05, 0) is 44.7 Å². The molecule has 1 aliphatic rings. The maximum atomic E-state index is 12.5. The van der Waals surface area contributed by atoms with Gasteiger partial charge in [0.15, 0.2) is 6.61 Å². The molecule has 1 atom stereocenters. The van der Waals surface area contributed by atoms with Crippen LogP contribution in [-0.2, 0) is 9.53 Å². The van der Waals surface area contributed by atoms with Crippen molar-refractivity contribution in [2.24, 2.45) is 5.41 Å². The molecule has 1 heterocycles. The van der Waals surface area contributed by atoms with Crippen LogP contribution in [0.3, 0.4) is 0 Å². The molecule has 24 heavy (non-hydrogen) atoms. The van der Waals surface area contributed by atoms with Crippen LogP contribution in [0.5, 0.6) is 5.75 Å². The number of carbonyl (C=O) groups excluding carboxylic acids is 1. The van der Waals surface area contributed by atoms with Crippen molar-refractivity contribution in [1.82, 2.24) is 4.90 Å². The molecule has 1 amide bonds. The van der Waals surface area contributed by atoms with Crippen LogP contribution in [-0.4, -0.2) is 55.9 Å². The number of nitrogens with zero attached hydrogens (tertiary/aromatic N) is 1. The highest BCUT2D eigenvalue weighted by Crippen LogP contribution is 2.34. The normalized spacial score (nSPS) is 20.9. The predicted octanol–water partition coefficient (Wildman–Crippen LogP) is 2.40. The number of amides is 1. The molecule has 0 saturated carbocycles. The summed E-state index contributed by atoms with van der Waals surface area (Å²) in [7, 11) is 1.69. The van der Waals surface area contributed by atoms with Gasteiger partial charge in [-0.3, -0.25) is 4.79 Å². The van der Waals surface area contributed by atoms with Gasteiger partial charge in [0, 0.05) is 32.2 Å². The molecule has 0 radical (unpaired) electrons. The average molecular weight is 335 g/mol. The minimum absolute atomic E-state index is 0.0140. The number of piperidine rings is 1. The highest BCUT2D eigenvalue weighted by molar-refractivity contribution is 5.78. The summed E-state index contributed by atoms with van der Waals surface area (Å²) in [5.41, 5.74) is 0.963. The van der Waals surface area contributed by atoms with Gasteiger partial charge in [0.05, 0.1) is 6.61 Å². The van der Waals surface area contributed by atoms with Crippen molar-refractivity contribution in [3.05, 3.63) is 29.8 Å². The van der Waals surface area contributed by atoms with E-state index < -0.39 is 0 Å². The van der Waals surface area contributed by atoms with E-state index in [4.69, 9.17) is 9.47 Å². The minimum Gasteiger partial charge on any atom is -0.484 e. The molecule has 1 aromatic rings. The Kier molecular flexibility index (Phi) is 7.06. The predicted molar refractivity (Wildman–Crippen MR) is 93.1 cm³/mol. The van der Waals surface area contributed by atoms with Crippen LogP contribution in [0.2, 0.25) is 0 Å². The third-order valence-electron chi connectivity index (χ3n) is 4.79. The Bertz CT molecular complexity index is 517. The van der Waals surface area contributed by atoms with Gasteiger partial charge in [-0.25, -0.2) is 0 Å². The summed E-state index contributed by atoms with van der Waals surface area (Å²) >= 11 is 0. The fraction of sp³-hybridized carbons (Fsp3) is 0.632. The molecule has 0 spiro atoms. The lowest BCUT2D eigenvalue weighted by Gasteiger charge is -2.42. The number of benzene rings is 1. The van der Waals surface area contributed by atoms with Gasteiger partial charge in [0.1, 0.15) is 5.75 Å². The minimum atomic E-state index is -0.198. The van der Waals surface area contributed by atoms with E-state index in [1.165, 1.54) is 0 Å². The summed E-state index contributed by atoms with van der Waals surface area (Å²) in [4.78, 5) is 14.3. The summed E-state index contributed by atoms with van der Waals surface area (Å²) in [6.45, 7) is 4.19. The molecular weight excluding hydrogens is 306 g/mol. The van der Waals surface area contributed by atoms with E-state index in [0.717, 1.165) is 37.8 Å². The smallest absolute Gasteiger partial charge is 0.260 e. The summed E-state index contributed by atoms with van der Waals surface area (Å²) in [5, 5.41) is 9.86. The lowest BCUT2D eigenvalue weighted by molar-refractivity contribution is -0.138. The lowest BCUT2D eigenvalue weighted by Crippen LogP contribution is -2.49. The van der Waals surface area contributed by atoms with Crippen LogP contribution in [0.1, 0.15) is 31.2 Å². The lowest BCUT2D eigenvalue weighted by atomic mass is 9.77. The van der Waals surface area contributed by atoms with Gasteiger partial charge in [-0.15, -0.1) is 0 Å². The summed E-state index contributed by atoms with van der Waals surface area (Å²) < 4.78 is 10.7. The number of ether oxygens (including phenoxy) is 2. The maximum Gasteiger partial charge on any atom is 0.260 e. The van der Waals surface area contributed by atoms with Crippen LogP contribution in [0.4, 0.5) is 0 Å². The molecule has 0 aliphatic carbocycles. The number of carbonyl (C=O) groups is 1. The molecule has 1 aliphatic heterocycles. The number of aryl methyl sites for hydroxylation is 1. The zero-order valence-corrected chi connectivity index (χ0v) is 14.8. The number of aliphatic hydroxyl groups excluding tert-OH is 1. The Morgan fingerprint density at radius 2 is 2.08 bits per heavy atom. The molecule has 1 fully saturated rings. The molecule has 0 aromatic heterocycles. The van der Waals surface area contributed by atoms with Crippen molar-refractivity contribution < 1.29 is 19.4 Å². The molecule has 5 heteroatoms. The van der Waals surface area contributed by atoms with E-state index in [-0.39, 0.29) is 24.5 Å². The Balaban J connectivity index is 1.87. The Hall–Kier alpha value is -1.59. The van der Waals surface area contributed by atoms with Crippen molar-refractivity contribution >= 4 is 5.91 Å². The third-order valence-corrected chi connectivity index (χ3v) is 4.79. The molecular formula is C19H29NO4. The molecule has 2 rings (SSSR count). The van der Waals surface area contributed by atoms with Gasteiger partial charge in [-0.2, -0.15) is 0 Å². The van der Waals surface area contributed by atoms with E-state index >= 15 is 0 Å². The second-order valence-corrected chi connectivity index (χ2v) is 6.78. The zero-order valence-electron chi connectivity index (χ0n) is 14.8. The zero-order chi connectivity index (χ0) is 17.4. The van der Waals surface area contributed by atoms with E-state index in [1.54, 1.807) is 7.11 Å². The van der Waals surface area contributed by atoms with Crippen molar-refractivity contribution in [3.8, 4) is 5.75 Å². The Morgan fingerprint density at radius 1 is 1.33 bits per heavy atom. The Labute approximate surface area is 144 Å². The fourth-order valence-corrected chi connectivity index (χ4v) is 3.30. The van der Waals surface area contributed by atoms with E-state index in [1.807, 2.05) is 36.1 Å². The summed E-state index contributed by atoms with van der Waals surface area (Å²) in [5.74, 6) is 0.694. The fourth-order valence-electron chi connectivity index (χ4n) is 3.30. The van der Waals surface area contributed by atoms with Crippen LogP contribution in [0, 0.1) is 12.3 Å². The van der Waals surface area contributed by atoms with Crippen molar-refractivity contribution in [2.45, 2.75) is 32.6 Å². The second kappa shape index (κ2) is 9.04. The van der Waals surface area contributed by atoms with Crippen molar-refractivity contribution in [1.29, 1.82) is 0 Å². The average Bonchev–Trinajstić information content (AvgIpc) is 2.61. The van der Waals surface area contributed by atoms with Gasteiger partial charge >= 0.3 is 0 Å². The number of methoxy groups -OCH3 is 1. The largest absolute Gasteiger partial charge is 0.484 e. The molecule has 0 bridgehead atoms. The van der Waals surface area contributed by atoms with Gasteiger partial charge in [0.2, 0.25) is 0 Å². The Morgan fingerprint density at radius 3 is 2.75 bits per heavy atom. The molecule has 1 aromatic carbocycles. The molecule has 1 saturated heterocycles. The topological polar surface area (TPSA) is 59.0 Å². The van der Waals surface area contributed by atoms with E-state index in [2.05, 4.69) is 0 Å². The number of hydrogen-bond donors (Lipinski definition) is 1. The van der Waals surface area contributed by atoms with Crippen LogP contribution in [0.25, 0.3) is 0 Å². The third kappa shape index (κ3) is 5.21. The van der Waals surface area contributed by atoms with Crippen molar-refractivity contribution in [2.75, 3.05) is 40.0 Å². The highest BCUT2D eigenvalue weighted by atomic mass is 16.5. The monoisotopic (exact) mass is 335 g/mol.